The lowest BCUT2D eigenvalue weighted by molar-refractivity contribution is -0.126. The van der Waals surface area contributed by atoms with Crippen molar-refractivity contribution < 1.29 is 14.3 Å². The maximum atomic E-state index is 12.6. The molecule has 28 heavy (non-hydrogen) atoms. The standard InChI is InChI=1S/C24H27NO3/c1-25-13-12-24-15-17(26)9-10-19(24)20(25)14-16-8-11-21(27-2)23(22(16)24)28-18-6-4-3-5-7-18/h3-8,11,19-20H,9-10,12-15H2,1-2H3/t19-,20+,24-/m1/s1. The number of hydrogen-bond donors (Lipinski definition) is 0. The topological polar surface area (TPSA) is 38.8 Å². The van der Waals surface area contributed by atoms with Gasteiger partial charge in [-0.1, -0.05) is 24.3 Å². The Balaban J connectivity index is 1.72. The zero-order valence-corrected chi connectivity index (χ0v) is 16.6. The monoisotopic (exact) mass is 377 g/mol. The second-order valence-electron chi connectivity index (χ2n) is 8.57. The molecule has 0 aromatic heterocycles. The van der Waals surface area contributed by atoms with Gasteiger partial charge >= 0.3 is 0 Å². The SMILES string of the molecule is COc1ccc2c(c1Oc1ccccc1)[C@@]13CCN(C)[C@@H](C2)[C@H]1CCC(=O)C3. The van der Waals surface area contributed by atoms with Crippen LogP contribution in [-0.4, -0.2) is 37.4 Å². The lowest BCUT2D eigenvalue weighted by atomic mass is 9.52. The van der Waals surface area contributed by atoms with E-state index in [1.54, 1.807) is 7.11 Å². The Morgan fingerprint density at radius 1 is 1.14 bits per heavy atom. The first kappa shape index (κ1) is 17.7. The molecule has 4 nitrogen and oxygen atoms in total. The number of nitrogens with zero attached hydrogens (tertiary/aromatic N) is 1. The van der Waals surface area contributed by atoms with Gasteiger partial charge in [0.05, 0.1) is 7.11 Å². The summed E-state index contributed by atoms with van der Waals surface area (Å²) >= 11 is 0. The number of likely N-dealkylation sites (N-methyl/N-ethyl adjacent to an activating group) is 1. The zero-order chi connectivity index (χ0) is 19.3. The number of carbonyl (C=O) groups excluding carboxylic acids is 1. The summed E-state index contributed by atoms with van der Waals surface area (Å²) in [5.41, 5.74) is 2.42. The fourth-order valence-electron chi connectivity index (χ4n) is 5.96. The summed E-state index contributed by atoms with van der Waals surface area (Å²) in [7, 11) is 3.93. The summed E-state index contributed by atoms with van der Waals surface area (Å²) in [6.45, 7) is 1.02. The predicted molar refractivity (Wildman–Crippen MR) is 108 cm³/mol. The van der Waals surface area contributed by atoms with Gasteiger partial charge < -0.3 is 14.4 Å². The molecule has 2 bridgehead atoms. The first-order valence-corrected chi connectivity index (χ1v) is 10.3. The van der Waals surface area contributed by atoms with E-state index in [0.717, 1.165) is 43.1 Å². The molecular weight excluding hydrogens is 350 g/mol. The molecule has 1 aliphatic heterocycles. The average molecular weight is 377 g/mol. The Hall–Kier alpha value is -2.33. The molecule has 4 heteroatoms. The largest absolute Gasteiger partial charge is 0.493 e. The maximum absolute atomic E-state index is 12.6. The third kappa shape index (κ3) is 2.58. The quantitative estimate of drug-likeness (QED) is 0.797. The smallest absolute Gasteiger partial charge is 0.173 e. The van der Waals surface area contributed by atoms with Crippen molar-refractivity contribution in [3.8, 4) is 17.2 Å². The van der Waals surface area contributed by atoms with Gasteiger partial charge in [-0.25, -0.2) is 0 Å². The number of fused-ring (bicyclic) bond motifs is 1. The second kappa shape index (κ2) is 6.63. The third-order valence-corrected chi connectivity index (χ3v) is 7.22. The van der Waals surface area contributed by atoms with Gasteiger partial charge in [0, 0.05) is 29.9 Å². The highest BCUT2D eigenvalue weighted by Gasteiger charge is 2.56. The van der Waals surface area contributed by atoms with Crippen molar-refractivity contribution in [2.24, 2.45) is 5.92 Å². The van der Waals surface area contributed by atoms with E-state index in [1.807, 2.05) is 36.4 Å². The van der Waals surface area contributed by atoms with E-state index in [0.29, 0.717) is 30.6 Å². The van der Waals surface area contributed by atoms with E-state index in [1.165, 1.54) is 11.1 Å². The highest BCUT2D eigenvalue weighted by Crippen LogP contribution is 2.59. The van der Waals surface area contributed by atoms with Crippen LogP contribution in [0.15, 0.2) is 42.5 Å². The molecular formula is C24H27NO3. The van der Waals surface area contributed by atoms with Gasteiger partial charge in [-0.15, -0.1) is 0 Å². The molecule has 146 valence electrons. The van der Waals surface area contributed by atoms with Gasteiger partial charge in [0.1, 0.15) is 11.5 Å². The van der Waals surface area contributed by atoms with Crippen LogP contribution in [0.3, 0.4) is 0 Å². The predicted octanol–water partition coefficient (Wildman–Crippen LogP) is 4.35. The number of likely N-dealkylation sites (tertiary alicyclic amines) is 1. The molecule has 3 aliphatic rings. The second-order valence-corrected chi connectivity index (χ2v) is 8.57. The number of rotatable bonds is 3. The van der Waals surface area contributed by atoms with Gasteiger partial charge in [-0.2, -0.15) is 0 Å². The Kier molecular flexibility index (Phi) is 4.20. The van der Waals surface area contributed by atoms with E-state index in [4.69, 9.17) is 9.47 Å². The number of benzene rings is 2. The number of Topliss-reactive ketones (excluding diaryl/α,β-unsaturated/α-hetero) is 1. The van der Waals surface area contributed by atoms with Crippen molar-refractivity contribution >= 4 is 5.78 Å². The lowest BCUT2D eigenvalue weighted by Gasteiger charge is -2.58. The first-order chi connectivity index (χ1) is 13.6. The number of carbonyl (C=O) groups is 1. The van der Waals surface area contributed by atoms with Crippen molar-refractivity contribution in [3.05, 3.63) is 53.6 Å². The van der Waals surface area contributed by atoms with Gasteiger partial charge in [0.25, 0.3) is 0 Å². The molecule has 2 fully saturated rings. The molecule has 3 atom stereocenters. The van der Waals surface area contributed by atoms with Crippen LogP contribution >= 0.6 is 0 Å². The molecule has 1 saturated heterocycles. The molecule has 0 amide bonds. The molecule has 0 radical (unpaired) electrons. The number of ether oxygens (including phenoxy) is 2. The highest BCUT2D eigenvalue weighted by molar-refractivity contribution is 5.82. The van der Waals surface area contributed by atoms with E-state index < -0.39 is 0 Å². The molecule has 5 rings (SSSR count). The summed E-state index contributed by atoms with van der Waals surface area (Å²) in [6, 6.07) is 14.6. The maximum Gasteiger partial charge on any atom is 0.173 e. The van der Waals surface area contributed by atoms with Crippen LogP contribution in [0.25, 0.3) is 0 Å². The van der Waals surface area contributed by atoms with E-state index in [-0.39, 0.29) is 5.41 Å². The molecule has 2 aromatic carbocycles. The number of ketones is 1. The van der Waals surface area contributed by atoms with Crippen LogP contribution in [0.2, 0.25) is 0 Å². The van der Waals surface area contributed by atoms with Crippen LogP contribution in [-0.2, 0) is 16.6 Å². The van der Waals surface area contributed by atoms with Crippen molar-refractivity contribution in [2.45, 2.75) is 43.6 Å². The molecule has 0 N–H and O–H groups in total. The van der Waals surface area contributed by atoms with Crippen LogP contribution < -0.4 is 9.47 Å². The van der Waals surface area contributed by atoms with Crippen molar-refractivity contribution in [3.63, 3.8) is 0 Å². The number of para-hydroxylation sites is 1. The number of hydrogen-bond acceptors (Lipinski definition) is 4. The van der Waals surface area contributed by atoms with Crippen LogP contribution in [0.4, 0.5) is 0 Å². The van der Waals surface area contributed by atoms with Crippen molar-refractivity contribution in [1.29, 1.82) is 0 Å². The minimum absolute atomic E-state index is 0.126. The van der Waals surface area contributed by atoms with Crippen LogP contribution in [0.1, 0.15) is 36.8 Å². The zero-order valence-electron chi connectivity index (χ0n) is 16.6. The molecule has 2 aromatic rings. The molecule has 1 saturated carbocycles. The highest BCUT2D eigenvalue weighted by atomic mass is 16.5. The van der Waals surface area contributed by atoms with Crippen LogP contribution in [0, 0.1) is 5.92 Å². The van der Waals surface area contributed by atoms with Crippen molar-refractivity contribution in [2.75, 3.05) is 20.7 Å². The van der Waals surface area contributed by atoms with Gasteiger partial charge in [-0.05, 0) is 62.5 Å². The van der Waals surface area contributed by atoms with E-state index in [9.17, 15) is 4.79 Å². The summed E-state index contributed by atoms with van der Waals surface area (Å²) in [5.74, 6) is 3.27. The fourth-order valence-corrected chi connectivity index (χ4v) is 5.96. The molecule has 0 spiro atoms. The van der Waals surface area contributed by atoms with Crippen molar-refractivity contribution in [1.82, 2.24) is 4.90 Å². The number of methoxy groups -OCH3 is 1. The first-order valence-electron chi connectivity index (χ1n) is 10.3. The van der Waals surface area contributed by atoms with Gasteiger partial charge in [0.2, 0.25) is 0 Å². The Labute approximate surface area is 166 Å². The van der Waals surface area contributed by atoms with E-state index >= 15 is 0 Å². The molecule has 0 unspecified atom stereocenters. The fraction of sp³-hybridized carbons (Fsp3) is 0.458. The van der Waals surface area contributed by atoms with Crippen LogP contribution in [0.5, 0.6) is 17.2 Å². The third-order valence-electron chi connectivity index (χ3n) is 7.22. The number of piperidine rings is 1. The minimum Gasteiger partial charge on any atom is -0.493 e. The summed E-state index contributed by atoms with van der Waals surface area (Å²) in [4.78, 5) is 15.1. The summed E-state index contributed by atoms with van der Waals surface area (Å²) in [5, 5.41) is 0. The summed E-state index contributed by atoms with van der Waals surface area (Å²) in [6.07, 6.45) is 4.34. The Morgan fingerprint density at radius 3 is 2.75 bits per heavy atom. The normalized spacial score (nSPS) is 29.0. The van der Waals surface area contributed by atoms with Gasteiger partial charge in [-0.3, -0.25) is 4.79 Å². The molecule has 1 heterocycles. The van der Waals surface area contributed by atoms with E-state index in [2.05, 4.69) is 18.0 Å². The average Bonchev–Trinajstić information content (AvgIpc) is 2.71. The molecule has 2 aliphatic carbocycles. The summed E-state index contributed by atoms with van der Waals surface area (Å²) < 4.78 is 12.2. The Morgan fingerprint density at radius 2 is 1.96 bits per heavy atom. The lowest BCUT2D eigenvalue weighted by Crippen LogP contribution is -2.61. The Bertz CT molecular complexity index is 910. The minimum atomic E-state index is -0.126. The van der Waals surface area contributed by atoms with Gasteiger partial charge in [0.15, 0.2) is 11.5 Å².